The average Bonchev–Trinajstić information content (AvgIpc) is 3.27. The predicted octanol–water partition coefficient (Wildman–Crippen LogP) is 2.39. The Labute approximate surface area is 197 Å². The Hall–Kier alpha value is -0.940. The smallest absolute Gasteiger partial charge is 0.191 e. The van der Waals surface area contributed by atoms with Crippen LogP contribution in [-0.2, 0) is 27.3 Å². The number of nitrogens with one attached hydrogen (secondary N) is 2. The average molecular weight is 532 g/mol. The molecule has 0 aliphatic carbocycles. The lowest BCUT2D eigenvalue weighted by atomic mass is 10.1. The van der Waals surface area contributed by atoms with Gasteiger partial charge in [-0.3, -0.25) is 9.89 Å². The van der Waals surface area contributed by atoms with E-state index in [1.165, 1.54) is 11.1 Å². The maximum Gasteiger partial charge on any atom is 0.191 e. The van der Waals surface area contributed by atoms with Gasteiger partial charge in [-0.2, -0.15) is 0 Å². The van der Waals surface area contributed by atoms with E-state index < -0.39 is 0 Å². The zero-order chi connectivity index (χ0) is 20.2. The van der Waals surface area contributed by atoms with Crippen LogP contribution in [0.1, 0.15) is 30.4 Å². The minimum Gasteiger partial charge on any atom is -0.379 e. The van der Waals surface area contributed by atoms with Crippen LogP contribution in [0.3, 0.4) is 0 Å². The molecule has 0 amide bonds. The van der Waals surface area contributed by atoms with E-state index in [1.54, 1.807) is 7.05 Å². The Morgan fingerprint density at radius 3 is 2.80 bits per heavy atom. The summed E-state index contributed by atoms with van der Waals surface area (Å²) in [5.74, 6) is 0.822. The molecule has 7 nitrogen and oxygen atoms in total. The molecule has 0 bridgehead atoms. The van der Waals surface area contributed by atoms with Crippen LogP contribution in [0.4, 0.5) is 0 Å². The van der Waals surface area contributed by atoms with E-state index in [2.05, 4.69) is 44.8 Å². The van der Waals surface area contributed by atoms with Crippen LogP contribution in [-0.4, -0.2) is 76.7 Å². The number of hydrogen-bond donors (Lipinski definition) is 2. The molecule has 1 aromatic carbocycles. The van der Waals surface area contributed by atoms with Crippen molar-refractivity contribution in [2.75, 3.05) is 59.7 Å². The van der Waals surface area contributed by atoms with Crippen LogP contribution < -0.4 is 10.6 Å². The minimum absolute atomic E-state index is 0. The molecule has 30 heavy (non-hydrogen) atoms. The summed E-state index contributed by atoms with van der Waals surface area (Å²) in [6, 6.07) is 8.76. The highest BCUT2D eigenvalue weighted by atomic mass is 127. The number of hydrogen-bond acceptors (Lipinski definition) is 5. The first-order valence-electron chi connectivity index (χ1n) is 10.9. The van der Waals surface area contributed by atoms with Gasteiger partial charge in [0.15, 0.2) is 5.96 Å². The fraction of sp³-hybridized carbons (Fsp3) is 0.682. The number of benzene rings is 1. The van der Waals surface area contributed by atoms with Crippen molar-refractivity contribution in [3.8, 4) is 0 Å². The molecule has 3 rings (SSSR count). The summed E-state index contributed by atoms with van der Waals surface area (Å²) in [5, 5.41) is 6.75. The lowest BCUT2D eigenvalue weighted by Crippen LogP contribution is -2.37. The Morgan fingerprint density at radius 2 is 2.03 bits per heavy atom. The maximum absolute atomic E-state index is 5.70. The van der Waals surface area contributed by atoms with Gasteiger partial charge in [0.2, 0.25) is 0 Å². The van der Waals surface area contributed by atoms with Gasteiger partial charge in [-0.25, -0.2) is 0 Å². The number of guanidine groups is 1. The maximum atomic E-state index is 5.70. The molecule has 2 aliphatic heterocycles. The molecule has 0 radical (unpaired) electrons. The lowest BCUT2D eigenvalue weighted by Gasteiger charge is -2.26. The van der Waals surface area contributed by atoms with Gasteiger partial charge in [-0.15, -0.1) is 24.0 Å². The summed E-state index contributed by atoms with van der Waals surface area (Å²) in [6.45, 7) is 8.61. The zero-order valence-electron chi connectivity index (χ0n) is 18.1. The summed E-state index contributed by atoms with van der Waals surface area (Å²) in [6.07, 6.45) is 3.54. The Morgan fingerprint density at radius 1 is 1.20 bits per heavy atom. The second-order valence-electron chi connectivity index (χ2n) is 7.62. The van der Waals surface area contributed by atoms with Crippen molar-refractivity contribution in [2.45, 2.75) is 38.5 Å². The Kier molecular flexibility index (Phi) is 12.6. The first-order valence-corrected chi connectivity index (χ1v) is 10.9. The van der Waals surface area contributed by atoms with E-state index in [9.17, 15) is 0 Å². The Balaban J connectivity index is 0.00000320. The van der Waals surface area contributed by atoms with Crippen molar-refractivity contribution in [3.63, 3.8) is 0 Å². The van der Waals surface area contributed by atoms with Gasteiger partial charge < -0.3 is 24.8 Å². The molecular weight excluding hydrogens is 495 g/mol. The Bertz CT molecular complexity index is 620. The quantitative estimate of drug-likeness (QED) is 0.209. The SMILES string of the molecule is CN=C(NCCCOCC1CCCO1)NCc1cccc(CN2CCOCC2)c1.I. The van der Waals surface area contributed by atoms with Gasteiger partial charge in [0.1, 0.15) is 0 Å². The number of morpholine rings is 1. The monoisotopic (exact) mass is 532 g/mol. The molecule has 8 heteroatoms. The van der Waals surface area contributed by atoms with E-state index in [-0.39, 0.29) is 24.0 Å². The van der Waals surface area contributed by atoms with Gasteiger partial charge in [0.25, 0.3) is 0 Å². The normalized spacial score (nSPS) is 20.0. The minimum atomic E-state index is 0. The molecule has 1 unspecified atom stereocenters. The van der Waals surface area contributed by atoms with Gasteiger partial charge in [0.05, 0.1) is 25.9 Å². The highest BCUT2D eigenvalue weighted by molar-refractivity contribution is 14.0. The first kappa shape index (κ1) is 25.3. The second-order valence-corrected chi connectivity index (χ2v) is 7.62. The number of ether oxygens (including phenoxy) is 3. The molecule has 2 heterocycles. The first-order chi connectivity index (χ1) is 14.3. The van der Waals surface area contributed by atoms with E-state index >= 15 is 0 Å². The van der Waals surface area contributed by atoms with Crippen LogP contribution in [0.2, 0.25) is 0 Å². The predicted molar refractivity (Wildman–Crippen MR) is 131 cm³/mol. The van der Waals surface area contributed by atoms with Crippen LogP contribution in [0.15, 0.2) is 29.3 Å². The van der Waals surface area contributed by atoms with Gasteiger partial charge in [0, 0.05) is 53.0 Å². The topological polar surface area (TPSA) is 67.4 Å². The highest BCUT2D eigenvalue weighted by Crippen LogP contribution is 2.12. The van der Waals surface area contributed by atoms with Crippen molar-refractivity contribution in [2.24, 2.45) is 4.99 Å². The summed E-state index contributed by atoms with van der Waals surface area (Å²) >= 11 is 0. The molecule has 170 valence electrons. The summed E-state index contributed by atoms with van der Waals surface area (Å²) in [7, 11) is 1.80. The molecule has 0 spiro atoms. The third-order valence-corrected chi connectivity index (χ3v) is 5.27. The lowest BCUT2D eigenvalue weighted by molar-refractivity contribution is 0.0168. The third-order valence-electron chi connectivity index (χ3n) is 5.27. The molecule has 0 aromatic heterocycles. The van der Waals surface area contributed by atoms with Crippen LogP contribution in [0, 0.1) is 0 Å². The molecule has 0 saturated carbocycles. The largest absolute Gasteiger partial charge is 0.379 e. The molecule has 2 N–H and O–H groups in total. The van der Waals surface area contributed by atoms with E-state index in [1.807, 2.05) is 0 Å². The van der Waals surface area contributed by atoms with Crippen LogP contribution in [0.5, 0.6) is 0 Å². The van der Waals surface area contributed by atoms with Crippen molar-refractivity contribution >= 4 is 29.9 Å². The molecule has 1 atom stereocenters. The number of nitrogens with zero attached hydrogens (tertiary/aromatic N) is 2. The van der Waals surface area contributed by atoms with Crippen molar-refractivity contribution in [3.05, 3.63) is 35.4 Å². The molecule has 2 fully saturated rings. The van der Waals surface area contributed by atoms with Crippen molar-refractivity contribution in [1.82, 2.24) is 15.5 Å². The van der Waals surface area contributed by atoms with Crippen molar-refractivity contribution in [1.29, 1.82) is 0 Å². The third kappa shape index (κ3) is 9.47. The fourth-order valence-electron chi connectivity index (χ4n) is 3.63. The summed E-state index contributed by atoms with van der Waals surface area (Å²) in [4.78, 5) is 6.75. The molecular formula is C22H37IN4O3. The van der Waals surface area contributed by atoms with Crippen LogP contribution in [0.25, 0.3) is 0 Å². The van der Waals surface area contributed by atoms with Crippen molar-refractivity contribution < 1.29 is 14.2 Å². The van der Waals surface area contributed by atoms with E-state index in [4.69, 9.17) is 14.2 Å². The summed E-state index contributed by atoms with van der Waals surface area (Å²) < 4.78 is 16.7. The zero-order valence-corrected chi connectivity index (χ0v) is 20.4. The van der Waals surface area contributed by atoms with Gasteiger partial charge in [-0.05, 0) is 30.4 Å². The van der Waals surface area contributed by atoms with Gasteiger partial charge in [-0.1, -0.05) is 24.3 Å². The van der Waals surface area contributed by atoms with E-state index in [0.29, 0.717) is 12.7 Å². The number of halogens is 1. The summed E-state index contributed by atoms with van der Waals surface area (Å²) in [5.41, 5.74) is 2.61. The molecule has 1 aromatic rings. The fourth-order valence-corrected chi connectivity index (χ4v) is 3.63. The van der Waals surface area contributed by atoms with Crippen LogP contribution >= 0.6 is 24.0 Å². The number of rotatable bonds is 10. The molecule has 2 saturated heterocycles. The van der Waals surface area contributed by atoms with Gasteiger partial charge >= 0.3 is 0 Å². The molecule has 2 aliphatic rings. The number of aliphatic imine (C=N–C) groups is 1. The second kappa shape index (κ2) is 15.0. The highest BCUT2D eigenvalue weighted by Gasteiger charge is 2.15. The van der Waals surface area contributed by atoms with E-state index in [0.717, 1.165) is 84.4 Å². The standard InChI is InChI=1S/C22H36N4O3.HI/c1-23-22(24-8-4-11-28-18-21-7-3-12-29-21)25-16-19-5-2-6-20(15-19)17-26-9-13-27-14-10-26;/h2,5-6,15,21H,3-4,7-14,16-18H2,1H3,(H2,23,24,25);1H.